The average Bonchev–Trinajstić information content (AvgIpc) is 2.62. The number of nitrogens with one attached hydrogen (secondary N) is 3. The number of rotatable bonds is 8. The van der Waals surface area contributed by atoms with E-state index >= 15 is 0 Å². The summed E-state index contributed by atoms with van der Waals surface area (Å²) < 4.78 is 0. The minimum Gasteiger partial charge on any atom is -0.345 e. The minimum absolute atomic E-state index is 0.133. The highest BCUT2D eigenvalue weighted by Gasteiger charge is 2.18. The third kappa shape index (κ3) is 6.93. The van der Waals surface area contributed by atoms with Gasteiger partial charge in [-0.3, -0.25) is 14.4 Å². The van der Waals surface area contributed by atoms with Crippen LogP contribution in [0.4, 0.5) is 11.4 Å². The molecule has 2 aromatic carbocycles. The molecular formula is C21H25N3O3. The monoisotopic (exact) mass is 367 g/mol. The minimum atomic E-state index is -0.580. The van der Waals surface area contributed by atoms with Crippen molar-refractivity contribution in [2.24, 2.45) is 0 Å². The molecule has 0 heterocycles. The van der Waals surface area contributed by atoms with Gasteiger partial charge in [0, 0.05) is 18.3 Å². The summed E-state index contributed by atoms with van der Waals surface area (Å²) in [6.45, 7) is 3.34. The Bertz CT molecular complexity index is 790. The number of hydrogen-bond acceptors (Lipinski definition) is 3. The first-order valence-corrected chi connectivity index (χ1v) is 8.99. The van der Waals surface area contributed by atoms with Gasteiger partial charge < -0.3 is 16.0 Å². The molecule has 0 radical (unpaired) electrons. The Morgan fingerprint density at radius 3 is 2.22 bits per heavy atom. The maximum Gasteiger partial charge on any atom is 0.246 e. The fraction of sp³-hybridized carbons (Fsp3) is 0.286. The number of carbonyl (C=O) groups is 3. The molecule has 3 N–H and O–H groups in total. The first-order chi connectivity index (χ1) is 13.0. The number of benzene rings is 2. The Balaban J connectivity index is 1.98. The first-order valence-electron chi connectivity index (χ1n) is 8.99. The lowest BCUT2D eigenvalue weighted by Gasteiger charge is -2.17. The van der Waals surface area contributed by atoms with E-state index in [-0.39, 0.29) is 24.1 Å². The lowest BCUT2D eigenvalue weighted by Crippen LogP contribution is -2.42. The van der Waals surface area contributed by atoms with E-state index in [1.807, 2.05) is 37.3 Å². The largest absolute Gasteiger partial charge is 0.345 e. The molecule has 0 fully saturated rings. The van der Waals surface area contributed by atoms with Gasteiger partial charge in [-0.2, -0.15) is 0 Å². The van der Waals surface area contributed by atoms with Crippen LogP contribution in [0.3, 0.4) is 0 Å². The zero-order chi connectivity index (χ0) is 19.6. The van der Waals surface area contributed by atoms with Crippen LogP contribution in [0.5, 0.6) is 0 Å². The van der Waals surface area contributed by atoms with Crippen molar-refractivity contribution in [2.75, 3.05) is 10.6 Å². The Labute approximate surface area is 159 Å². The summed E-state index contributed by atoms with van der Waals surface area (Å²) >= 11 is 0. The van der Waals surface area contributed by atoms with Crippen LogP contribution in [0.2, 0.25) is 0 Å². The summed E-state index contributed by atoms with van der Waals surface area (Å²) in [6.07, 6.45) is 1.60. The van der Waals surface area contributed by atoms with Crippen molar-refractivity contribution in [3.63, 3.8) is 0 Å². The molecule has 0 aliphatic carbocycles. The summed E-state index contributed by atoms with van der Waals surface area (Å²) in [5.41, 5.74) is 2.08. The van der Waals surface area contributed by atoms with Crippen LogP contribution in [0.25, 0.3) is 0 Å². The molecule has 0 spiro atoms. The second-order valence-corrected chi connectivity index (χ2v) is 6.32. The third-order valence-electron chi connectivity index (χ3n) is 3.89. The second-order valence-electron chi connectivity index (χ2n) is 6.32. The fourth-order valence-electron chi connectivity index (χ4n) is 2.69. The van der Waals surface area contributed by atoms with Crippen LogP contribution in [0.15, 0.2) is 54.6 Å². The van der Waals surface area contributed by atoms with E-state index in [2.05, 4.69) is 16.0 Å². The molecule has 0 aliphatic heterocycles. The molecule has 2 aromatic rings. The van der Waals surface area contributed by atoms with Crippen molar-refractivity contribution in [2.45, 2.75) is 39.2 Å². The van der Waals surface area contributed by atoms with Crippen LogP contribution < -0.4 is 16.0 Å². The van der Waals surface area contributed by atoms with Crippen molar-refractivity contribution in [1.82, 2.24) is 5.32 Å². The third-order valence-corrected chi connectivity index (χ3v) is 3.89. The smallest absolute Gasteiger partial charge is 0.246 e. The van der Waals surface area contributed by atoms with E-state index in [1.54, 1.807) is 24.3 Å². The highest BCUT2D eigenvalue weighted by molar-refractivity contribution is 5.98. The number of carbonyl (C=O) groups excluding carboxylic acids is 3. The molecule has 0 saturated heterocycles. The molecule has 0 saturated carbocycles. The van der Waals surface area contributed by atoms with Crippen molar-refractivity contribution < 1.29 is 14.4 Å². The molecular weight excluding hydrogens is 342 g/mol. The molecule has 2 rings (SSSR count). The van der Waals surface area contributed by atoms with Crippen LogP contribution in [-0.4, -0.2) is 23.8 Å². The zero-order valence-electron chi connectivity index (χ0n) is 15.6. The van der Waals surface area contributed by atoms with Gasteiger partial charge in [-0.25, -0.2) is 0 Å². The Kier molecular flexibility index (Phi) is 7.55. The summed E-state index contributed by atoms with van der Waals surface area (Å²) in [5, 5.41) is 8.28. The standard InChI is InChI=1S/C21H25N3O3/c1-3-8-19(22-15(2)25)21(27)24-18-12-7-11-17(14-18)23-20(26)13-16-9-5-4-6-10-16/h4-7,9-12,14,19H,3,8,13H2,1-2H3,(H,22,25)(H,23,26)(H,24,27). The van der Waals surface area contributed by atoms with Crippen LogP contribution in [-0.2, 0) is 20.8 Å². The predicted octanol–water partition coefficient (Wildman–Crippen LogP) is 3.11. The predicted molar refractivity (Wildman–Crippen MR) is 106 cm³/mol. The number of anilines is 2. The molecule has 1 atom stereocenters. The van der Waals surface area contributed by atoms with Gasteiger partial charge in [0.25, 0.3) is 0 Å². The van der Waals surface area contributed by atoms with E-state index in [0.29, 0.717) is 17.8 Å². The van der Waals surface area contributed by atoms with Crippen LogP contribution in [0, 0.1) is 0 Å². The molecule has 1 unspecified atom stereocenters. The average molecular weight is 367 g/mol. The van der Waals surface area contributed by atoms with Gasteiger partial charge in [-0.15, -0.1) is 0 Å². The first kappa shape index (κ1) is 20.2. The molecule has 27 heavy (non-hydrogen) atoms. The molecule has 0 bridgehead atoms. The van der Waals surface area contributed by atoms with Gasteiger partial charge in [0.1, 0.15) is 6.04 Å². The molecule has 3 amide bonds. The summed E-state index contributed by atoms with van der Waals surface area (Å²) in [4.78, 5) is 35.9. The van der Waals surface area contributed by atoms with Crippen molar-refractivity contribution in [3.05, 3.63) is 60.2 Å². The molecule has 142 valence electrons. The zero-order valence-corrected chi connectivity index (χ0v) is 15.6. The fourth-order valence-corrected chi connectivity index (χ4v) is 2.69. The van der Waals surface area contributed by atoms with Gasteiger partial charge in [-0.1, -0.05) is 49.7 Å². The Hall–Kier alpha value is -3.15. The summed E-state index contributed by atoms with van der Waals surface area (Å²) in [5.74, 6) is -0.655. The highest BCUT2D eigenvalue weighted by atomic mass is 16.2. The molecule has 0 aliphatic rings. The van der Waals surface area contributed by atoms with E-state index in [1.165, 1.54) is 6.92 Å². The summed E-state index contributed by atoms with van der Waals surface area (Å²) in [6, 6.07) is 15.8. The van der Waals surface area contributed by atoms with E-state index in [4.69, 9.17) is 0 Å². The van der Waals surface area contributed by atoms with Crippen molar-refractivity contribution in [1.29, 1.82) is 0 Å². The van der Waals surface area contributed by atoms with Gasteiger partial charge >= 0.3 is 0 Å². The van der Waals surface area contributed by atoms with Gasteiger partial charge in [0.15, 0.2) is 0 Å². The van der Waals surface area contributed by atoms with E-state index < -0.39 is 6.04 Å². The SMILES string of the molecule is CCCC(NC(C)=O)C(=O)Nc1cccc(NC(=O)Cc2ccccc2)c1. The molecule has 6 nitrogen and oxygen atoms in total. The molecule has 6 heteroatoms. The highest BCUT2D eigenvalue weighted by Crippen LogP contribution is 2.16. The number of hydrogen-bond donors (Lipinski definition) is 3. The summed E-state index contributed by atoms with van der Waals surface area (Å²) in [7, 11) is 0. The maximum absolute atomic E-state index is 12.4. The Morgan fingerprint density at radius 2 is 1.59 bits per heavy atom. The maximum atomic E-state index is 12.4. The van der Waals surface area contributed by atoms with E-state index in [0.717, 1.165) is 12.0 Å². The van der Waals surface area contributed by atoms with Gasteiger partial charge in [0.2, 0.25) is 17.7 Å². The van der Waals surface area contributed by atoms with Crippen molar-refractivity contribution >= 4 is 29.1 Å². The van der Waals surface area contributed by atoms with Gasteiger partial charge in [-0.05, 0) is 30.2 Å². The lowest BCUT2D eigenvalue weighted by atomic mass is 10.1. The second kappa shape index (κ2) is 10.1. The van der Waals surface area contributed by atoms with Gasteiger partial charge in [0.05, 0.1) is 6.42 Å². The van der Waals surface area contributed by atoms with Crippen LogP contribution in [0.1, 0.15) is 32.3 Å². The van der Waals surface area contributed by atoms with Crippen molar-refractivity contribution in [3.8, 4) is 0 Å². The normalized spacial score (nSPS) is 11.3. The topological polar surface area (TPSA) is 87.3 Å². The number of amides is 3. The van der Waals surface area contributed by atoms with E-state index in [9.17, 15) is 14.4 Å². The van der Waals surface area contributed by atoms with Crippen LogP contribution >= 0.6 is 0 Å². The Morgan fingerprint density at radius 1 is 0.926 bits per heavy atom. The quantitative estimate of drug-likeness (QED) is 0.670. The molecule has 0 aromatic heterocycles. The lowest BCUT2D eigenvalue weighted by molar-refractivity contribution is -0.125.